The van der Waals surface area contributed by atoms with Crippen molar-refractivity contribution in [1.29, 1.82) is 0 Å². The topological polar surface area (TPSA) is 0 Å². The molecule has 0 fully saturated rings. The summed E-state index contributed by atoms with van der Waals surface area (Å²) in [5.41, 5.74) is 5.93. The summed E-state index contributed by atoms with van der Waals surface area (Å²) < 4.78 is 3.68. The van der Waals surface area contributed by atoms with Crippen LogP contribution >= 0.6 is 24.8 Å². The van der Waals surface area contributed by atoms with Crippen molar-refractivity contribution in [2.24, 2.45) is 0 Å². The summed E-state index contributed by atoms with van der Waals surface area (Å²) >= 11 is -1.81. The second-order valence-electron chi connectivity index (χ2n) is 7.30. The van der Waals surface area contributed by atoms with E-state index in [1.165, 1.54) is 24.0 Å². The van der Waals surface area contributed by atoms with Crippen LogP contribution in [0.3, 0.4) is 0 Å². The Kier molecular flexibility index (Phi) is 8.96. The Morgan fingerprint density at radius 2 is 1.04 bits per heavy atom. The van der Waals surface area contributed by atoms with Gasteiger partial charge in [0.1, 0.15) is 0 Å². The fraction of sp³-hybridized carbons (Fsp3) is 0.167. The standard InChI is InChI=1S/2C11H9.C2H7Si.2ClH.Zr/c2*1-2-6-10(7-3-1)11-8-4-5-9-11;1-3-2;;;/h2*1-4,6-8H,5H2;3H,1-2H3;2*1H;. The molecule has 0 atom stereocenters. The summed E-state index contributed by atoms with van der Waals surface area (Å²) in [7, 11) is 0. The molecular weight excluding hydrogens is 478 g/mol. The smallest absolute Gasteiger partial charge is 0.147 e. The number of hydrogen-bond donors (Lipinski definition) is 0. The molecule has 0 bridgehead atoms. The molecule has 4 rings (SSSR count). The maximum atomic E-state index is 2.59. The summed E-state index contributed by atoms with van der Waals surface area (Å²) in [6.07, 6.45) is 12.0. The van der Waals surface area contributed by atoms with E-state index in [9.17, 15) is 0 Å². The van der Waals surface area contributed by atoms with Crippen LogP contribution in [0.5, 0.6) is 0 Å². The first-order chi connectivity index (χ1) is 12.8. The third-order valence-corrected chi connectivity index (χ3v) is 24.6. The molecule has 0 heterocycles. The summed E-state index contributed by atoms with van der Waals surface area (Å²) in [5.74, 6) is -0.715. The predicted octanol–water partition coefficient (Wildman–Crippen LogP) is 7.17. The Labute approximate surface area is 190 Å². The Balaban J connectivity index is 0.00000140. The number of halogens is 2. The van der Waals surface area contributed by atoms with Gasteiger partial charge in [-0.15, -0.1) is 24.8 Å². The molecular formula is C24H27Cl2SiZr. The maximum Gasteiger partial charge on any atom is -0.147 e. The molecule has 0 aliphatic heterocycles. The van der Waals surface area contributed by atoms with Gasteiger partial charge in [-0.2, -0.15) is 0 Å². The summed E-state index contributed by atoms with van der Waals surface area (Å²) in [6, 6.07) is 22.1. The van der Waals surface area contributed by atoms with Gasteiger partial charge in [0.05, 0.1) is 0 Å². The van der Waals surface area contributed by atoms with E-state index in [-0.39, 0.29) is 24.8 Å². The molecule has 0 amide bonds. The molecule has 28 heavy (non-hydrogen) atoms. The van der Waals surface area contributed by atoms with Crippen LogP contribution < -0.4 is 0 Å². The van der Waals surface area contributed by atoms with E-state index in [2.05, 4.69) is 98.1 Å². The minimum atomic E-state index is -1.81. The van der Waals surface area contributed by atoms with Crippen molar-refractivity contribution in [2.45, 2.75) is 25.9 Å². The number of rotatable bonds is 5. The molecule has 2 aliphatic rings. The van der Waals surface area contributed by atoms with Crippen LogP contribution in [0.15, 0.2) is 91.5 Å². The normalized spacial score (nSPS) is 15.1. The van der Waals surface area contributed by atoms with Crippen LogP contribution in [0, 0.1) is 0 Å². The van der Waals surface area contributed by atoms with E-state index in [4.69, 9.17) is 0 Å². The molecule has 0 nitrogen and oxygen atoms in total. The van der Waals surface area contributed by atoms with Crippen LogP contribution in [-0.2, 0) is 20.9 Å². The van der Waals surface area contributed by atoms with E-state index >= 15 is 0 Å². The largest absolute Gasteiger partial charge is 0.147 e. The van der Waals surface area contributed by atoms with Crippen LogP contribution in [-0.4, -0.2) is 5.92 Å². The zero-order valence-electron chi connectivity index (χ0n) is 16.4. The summed E-state index contributed by atoms with van der Waals surface area (Å²) in [5, 5.41) is 0. The van der Waals surface area contributed by atoms with Crippen LogP contribution in [0.2, 0.25) is 13.1 Å². The van der Waals surface area contributed by atoms with E-state index in [0.717, 1.165) is 0 Å². The van der Waals surface area contributed by atoms with Crippen molar-refractivity contribution in [3.63, 3.8) is 0 Å². The molecule has 2 aromatic rings. The monoisotopic (exact) mass is 503 g/mol. The fourth-order valence-corrected chi connectivity index (χ4v) is 24.2. The Bertz CT molecular complexity index is 839. The Hall–Kier alpha value is -0.920. The van der Waals surface area contributed by atoms with Crippen molar-refractivity contribution >= 4 is 41.9 Å². The predicted molar refractivity (Wildman–Crippen MR) is 128 cm³/mol. The van der Waals surface area contributed by atoms with Crippen molar-refractivity contribution in [1.82, 2.24) is 0 Å². The number of hydrogen-bond acceptors (Lipinski definition) is 0. The molecule has 145 valence electrons. The van der Waals surface area contributed by atoms with Gasteiger partial charge in [0.2, 0.25) is 0 Å². The van der Waals surface area contributed by atoms with Gasteiger partial charge >= 0.3 is 167 Å². The van der Waals surface area contributed by atoms with Crippen LogP contribution in [0.1, 0.15) is 24.0 Å². The van der Waals surface area contributed by atoms with Gasteiger partial charge < -0.3 is 0 Å². The molecule has 0 aromatic heterocycles. The minimum absolute atomic E-state index is 0. The first-order valence-corrected chi connectivity index (χ1v) is 19.1. The summed E-state index contributed by atoms with van der Waals surface area (Å²) in [4.78, 5) is 0. The molecule has 4 heteroatoms. The second-order valence-corrected chi connectivity index (χ2v) is 26.5. The van der Waals surface area contributed by atoms with E-state index in [1.807, 2.05) is 6.56 Å². The average Bonchev–Trinajstić information content (AvgIpc) is 3.33. The minimum Gasteiger partial charge on any atom is -0.147 e. The van der Waals surface area contributed by atoms with Crippen LogP contribution in [0.25, 0.3) is 11.1 Å². The second kappa shape index (κ2) is 10.7. The van der Waals surface area contributed by atoms with E-state index in [0.29, 0.717) is 0 Å². The third-order valence-electron chi connectivity index (χ3n) is 5.26. The first-order valence-electron chi connectivity index (χ1n) is 9.53. The SMILES string of the molecule is C[SiH](C)[Zr]([C]1=C(c2ccccc2)C=CC1)[C]1=C(c2ccccc2)C=CC1.Cl.Cl. The summed E-state index contributed by atoms with van der Waals surface area (Å²) in [6.45, 7) is 5.19. The fourth-order valence-electron chi connectivity index (χ4n) is 4.18. The molecule has 0 unspecified atom stereocenters. The molecule has 0 N–H and O–H groups in total. The van der Waals surface area contributed by atoms with Gasteiger partial charge in [-0.05, 0) is 0 Å². The molecule has 0 spiro atoms. The van der Waals surface area contributed by atoms with Gasteiger partial charge in [-0.1, -0.05) is 0 Å². The van der Waals surface area contributed by atoms with Gasteiger partial charge in [-0.25, -0.2) is 0 Å². The molecule has 2 aliphatic carbocycles. The Morgan fingerprint density at radius 3 is 1.39 bits per heavy atom. The first kappa shape index (κ1) is 23.4. The zero-order chi connectivity index (χ0) is 17.9. The molecule has 0 radical (unpaired) electrons. The van der Waals surface area contributed by atoms with Gasteiger partial charge in [0, 0.05) is 0 Å². The van der Waals surface area contributed by atoms with Crippen molar-refractivity contribution in [3.05, 3.63) is 103 Å². The van der Waals surface area contributed by atoms with E-state index in [1.54, 1.807) is 11.1 Å². The third kappa shape index (κ3) is 4.79. The molecule has 2 aromatic carbocycles. The quantitative estimate of drug-likeness (QED) is 0.378. The zero-order valence-corrected chi connectivity index (χ0v) is 21.6. The Morgan fingerprint density at radius 1 is 0.643 bits per heavy atom. The van der Waals surface area contributed by atoms with Crippen molar-refractivity contribution in [3.8, 4) is 0 Å². The average molecular weight is 506 g/mol. The number of benzene rings is 2. The maximum absolute atomic E-state index is 2.59. The van der Waals surface area contributed by atoms with E-state index < -0.39 is 26.8 Å². The van der Waals surface area contributed by atoms with Gasteiger partial charge in [0.25, 0.3) is 0 Å². The molecule has 0 saturated heterocycles. The van der Waals surface area contributed by atoms with Gasteiger partial charge in [0.15, 0.2) is 0 Å². The molecule has 0 saturated carbocycles. The van der Waals surface area contributed by atoms with Crippen LogP contribution in [0.4, 0.5) is 0 Å². The van der Waals surface area contributed by atoms with Gasteiger partial charge in [-0.3, -0.25) is 0 Å². The number of allylic oxidation sites excluding steroid dienone is 8. The van der Waals surface area contributed by atoms with Crippen molar-refractivity contribution in [2.75, 3.05) is 0 Å². The van der Waals surface area contributed by atoms with Crippen molar-refractivity contribution < 1.29 is 20.9 Å².